The zero-order valence-electron chi connectivity index (χ0n) is 11.6. The molecule has 2 aromatic rings. The Balaban J connectivity index is 1.57. The Kier molecular flexibility index (Phi) is 6.14. The number of aliphatic hydroxyl groups excluding tert-OH is 1. The SMILES string of the molecule is Cc1ncc(CNCC(O)COCc2ccccc2)s1. The fourth-order valence-electron chi connectivity index (χ4n) is 1.80. The Morgan fingerprint density at radius 1 is 1.35 bits per heavy atom. The Bertz CT molecular complexity index is 502. The summed E-state index contributed by atoms with van der Waals surface area (Å²) < 4.78 is 5.49. The lowest BCUT2D eigenvalue weighted by Crippen LogP contribution is -2.29. The number of aryl methyl sites for hydroxylation is 1. The van der Waals surface area contributed by atoms with Crippen LogP contribution >= 0.6 is 11.3 Å². The maximum Gasteiger partial charge on any atom is 0.0897 e. The molecule has 20 heavy (non-hydrogen) atoms. The van der Waals surface area contributed by atoms with E-state index in [9.17, 15) is 5.11 Å². The van der Waals surface area contributed by atoms with Crippen LogP contribution in [0.1, 0.15) is 15.4 Å². The van der Waals surface area contributed by atoms with Crippen molar-refractivity contribution in [2.45, 2.75) is 26.2 Å². The van der Waals surface area contributed by atoms with Gasteiger partial charge in [-0.25, -0.2) is 4.98 Å². The lowest BCUT2D eigenvalue weighted by atomic mass is 10.2. The van der Waals surface area contributed by atoms with Gasteiger partial charge in [0, 0.05) is 24.2 Å². The first-order valence-corrected chi connectivity index (χ1v) is 7.47. The first kappa shape index (κ1) is 15.1. The average molecular weight is 292 g/mol. The van der Waals surface area contributed by atoms with Crippen molar-refractivity contribution in [1.82, 2.24) is 10.3 Å². The normalized spacial score (nSPS) is 12.5. The highest BCUT2D eigenvalue weighted by molar-refractivity contribution is 7.11. The summed E-state index contributed by atoms with van der Waals surface area (Å²) in [7, 11) is 0. The molecule has 0 fully saturated rings. The van der Waals surface area contributed by atoms with Crippen LogP contribution < -0.4 is 5.32 Å². The summed E-state index contributed by atoms with van der Waals surface area (Å²) in [6.07, 6.45) is 1.37. The van der Waals surface area contributed by atoms with Crippen molar-refractivity contribution in [2.24, 2.45) is 0 Å². The van der Waals surface area contributed by atoms with Gasteiger partial charge in [-0.05, 0) is 12.5 Å². The van der Waals surface area contributed by atoms with E-state index in [0.29, 0.717) is 19.8 Å². The number of nitrogens with zero attached hydrogens (tertiary/aromatic N) is 1. The number of hydrogen-bond donors (Lipinski definition) is 2. The molecule has 1 atom stereocenters. The van der Waals surface area contributed by atoms with Gasteiger partial charge in [-0.15, -0.1) is 11.3 Å². The maximum atomic E-state index is 9.81. The molecular formula is C15H20N2O2S. The van der Waals surface area contributed by atoms with E-state index in [-0.39, 0.29) is 0 Å². The van der Waals surface area contributed by atoms with Crippen LogP contribution in [-0.2, 0) is 17.9 Å². The second-order valence-corrected chi connectivity index (χ2v) is 5.95. The van der Waals surface area contributed by atoms with Crippen molar-refractivity contribution in [2.75, 3.05) is 13.2 Å². The predicted molar refractivity (Wildman–Crippen MR) is 80.7 cm³/mol. The van der Waals surface area contributed by atoms with Crippen LogP contribution in [0, 0.1) is 6.92 Å². The highest BCUT2D eigenvalue weighted by atomic mass is 32.1. The standard InChI is InChI=1S/C15H20N2O2S/c1-12-17-9-15(20-12)8-16-7-14(18)11-19-10-13-5-3-2-4-6-13/h2-6,9,14,16,18H,7-8,10-11H2,1H3. The minimum Gasteiger partial charge on any atom is -0.389 e. The van der Waals surface area contributed by atoms with Crippen LogP contribution in [0.15, 0.2) is 36.5 Å². The van der Waals surface area contributed by atoms with Crippen molar-refractivity contribution >= 4 is 11.3 Å². The Labute approximate surface area is 123 Å². The van der Waals surface area contributed by atoms with Gasteiger partial charge in [-0.1, -0.05) is 30.3 Å². The summed E-state index contributed by atoms with van der Waals surface area (Å²) in [5.74, 6) is 0. The summed E-state index contributed by atoms with van der Waals surface area (Å²) in [5.41, 5.74) is 1.12. The third-order valence-electron chi connectivity index (χ3n) is 2.77. The third-order valence-corrected chi connectivity index (χ3v) is 3.68. The Morgan fingerprint density at radius 3 is 2.85 bits per heavy atom. The molecule has 0 amide bonds. The monoisotopic (exact) mass is 292 g/mol. The van der Waals surface area contributed by atoms with Crippen LogP contribution in [0.5, 0.6) is 0 Å². The quantitative estimate of drug-likeness (QED) is 0.782. The second kappa shape index (κ2) is 8.11. The van der Waals surface area contributed by atoms with Gasteiger partial charge in [0.05, 0.1) is 24.3 Å². The van der Waals surface area contributed by atoms with E-state index in [1.807, 2.05) is 43.5 Å². The van der Waals surface area contributed by atoms with E-state index < -0.39 is 6.10 Å². The third kappa shape index (κ3) is 5.38. The molecule has 0 aliphatic rings. The number of rotatable bonds is 8. The summed E-state index contributed by atoms with van der Waals surface area (Å²) >= 11 is 1.67. The molecule has 108 valence electrons. The number of aliphatic hydroxyl groups is 1. The molecule has 2 N–H and O–H groups in total. The molecule has 2 rings (SSSR count). The number of nitrogens with one attached hydrogen (secondary N) is 1. The zero-order valence-corrected chi connectivity index (χ0v) is 12.4. The van der Waals surface area contributed by atoms with Crippen molar-refractivity contribution in [3.63, 3.8) is 0 Å². The van der Waals surface area contributed by atoms with E-state index >= 15 is 0 Å². The molecule has 1 aromatic heterocycles. The van der Waals surface area contributed by atoms with Gasteiger partial charge in [0.25, 0.3) is 0 Å². The minimum atomic E-state index is -0.493. The first-order chi connectivity index (χ1) is 9.74. The number of aromatic nitrogens is 1. The van der Waals surface area contributed by atoms with E-state index in [1.165, 1.54) is 4.88 Å². The fraction of sp³-hybridized carbons (Fsp3) is 0.400. The summed E-state index contributed by atoms with van der Waals surface area (Å²) in [6.45, 7) is 4.11. The van der Waals surface area contributed by atoms with Crippen molar-refractivity contribution in [3.8, 4) is 0 Å². The minimum absolute atomic E-state index is 0.337. The molecule has 1 unspecified atom stereocenters. The lowest BCUT2D eigenvalue weighted by molar-refractivity contribution is 0.0287. The van der Waals surface area contributed by atoms with Gasteiger partial charge in [0.15, 0.2) is 0 Å². The van der Waals surface area contributed by atoms with Gasteiger partial charge in [0.1, 0.15) is 0 Å². The Hall–Kier alpha value is -1.27. The molecular weight excluding hydrogens is 272 g/mol. The van der Waals surface area contributed by atoms with Crippen LogP contribution in [0.2, 0.25) is 0 Å². The molecule has 0 spiro atoms. The molecule has 0 saturated carbocycles. The smallest absolute Gasteiger partial charge is 0.0897 e. The summed E-state index contributed by atoms with van der Waals surface area (Å²) in [5, 5.41) is 14.1. The number of ether oxygens (including phenoxy) is 1. The van der Waals surface area contributed by atoms with Gasteiger partial charge in [0.2, 0.25) is 0 Å². The molecule has 1 aromatic carbocycles. The van der Waals surface area contributed by atoms with E-state index in [0.717, 1.165) is 17.1 Å². The number of benzene rings is 1. The zero-order chi connectivity index (χ0) is 14.2. The van der Waals surface area contributed by atoms with Gasteiger partial charge < -0.3 is 15.2 Å². The van der Waals surface area contributed by atoms with E-state index in [2.05, 4.69) is 10.3 Å². The highest BCUT2D eigenvalue weighted by Crippen LogP contribution is 2.10. The van der Waals surface area contributed by atoms with Gasteiger partial charge >= 0.3 is 0 Å². The topological polar surface area (TPSA) is 54.4 Å². The molecule has 0 aliphatic carbocycles. The van der Waals surface area contributed by atoms with E-state index in [1.54, 1.807) is 11.3 Å². The highest BCUT2D eigenvalue weighted by Gasteiger charge is 2.05. The molecule has 4 nitrogen and oxygen atoms in total. The van der Waals surface area contributed by atoms with Gasteiger partial charge in [-0.3, -0.25) is 0 Å². The number of thiazole rings is 1. The van der Waals surface area contributed by atoms with Crippen molar-refractivity contribution in [1.29, 1.82) is 0 Å². The predicted octanol–water partition coefficient (Wildman–Crippen LogP) is 2.12. The van der Waals surface area contributed by atoms with Crippen LogP contribution in [0.3, 0.4) is 0 Å². The largest absolute Gasteiger partial charge is 0.389 e. The lowest BCUT2D eigenvalue weighted by Gasteiger charge is -2.12. The van der Waals surface area contributed by atoms with Crippen molar-refractivity contribution in [3.05, 3.63) is 52.0 Å². The Morgan fingerprint density at radius 2 is 2.15 bits per heavy atom. The summed E-state index contributed by atoms with van der Waals surface area (Å²) in [6, 6.07) is 9.96. The molecule has 0 radical (unpaired) electrons. The van der Waals surface area contributed by atoms with E-state index in [4.69, 9.17) is 4.74 Å². The van der Waals surface area contributed by atoms with Crippen molar-refractivity contribution < 1.29 is 9.84 Å². The van der Waals surface area contributed by atoms with Crippen LogP contribution in [0.25, 0.3) is 0 Å². The maximum absolute atomic E-state index is 9.81. The summed E-state index contributed by atoms with van der Waals surface area (Å²) in [4.78, 5) is 5.37. The number of hydrogen-bond acceptors (Lipinski definition) is 5. The average Bonchev–Trinajstić information content (AvgIpc) is 2.86. The molecule has 0 saturated heterocycles. The molecule has 0 bridgehead atoms. The van der Waals surface area contributed by atoms with Crippen LogP contribution in [0.4, 0.5) is 0 Å². The second-order valence-electron chi connectivity index (χ2n) is 4.63. The van der Waals surface area contributed by atoms with Gasteiger partial charge in [-0.2, -0.15) is 0 Å². The molecule has 5 heteroatoms. The fourth-order valence-corrected chi connectivity index (χ4v) is 2.56. The molecule has 1 heterocycles. The van der Waals surface area contributed by atoms with Crippen LogP contribution in [-0.4, -0.2) is 29.3 Å². The first-order valence-electron chi connectivity index (χ1n) is 6.66. The molecule has 0 aliphatic heterocycles.